The number of nitrogens with one attached hydrogen (secondary N) is 2. The summed E-state index contributed by atoms with van der Waals surface area (Å²) in [5.41, 5.74) is 0. The lowest BCUT2D eigenvalue weighted by atomic mass is 10.0. The molecule has 2 rings (SSSR count). The molecule has 1 aliphatic carbocycles. The van der Waals surface area contributed by atoms with Gasteiger partial charge in [-0.2, -0.15) is 0 Å². The second-order valence-corrected chi connectivity index (χ2v) is 13.4. The quantitative estimate of drug-likeness (QED) is 0.0579. The first-order valence-corrected chi connectivity index (χ1v) is 16.8. The number of hydrogen-bond acceptors (Lipinski definition) is 14. The maximum absolute atomic E-state index is 11.7. The van der Waals surface area contributed by atoms with Gasteiger partial charge in [0.1, 0.15) is 31.0 Å². The van der Waals surface area contributed by atoms with Crippen LogP contribution in [0.15, 0.2) is 0 Å². The fraction of sp³-hybridized carbons (Fsp3) is 0.840. The Labute approximate surface area is 261 Å². The summed E-state index contributed by atoms with van der Waals surface area (Å²) in [5, 5.41) is 16.5. The van der Waals surface area contributed by atoms with E-state index in [0.29, 0.717) is 37.5 Å². The number of methoxy groups -OCH3 is 1. The molecular weight excluding hydrogens is 631 g/mol. The van der Waals surface area contributed by atoms with Crippen LogP contribution >= 0.6 is 18.9 Å². The predicted molar refractivity (Wildman–Crippen MR) is 158 cm³/mol. The van der Waals surface area contributed by atoms with E-state index in [1.54, 1.807) is 0 Å². The lowest BCUT2D eigenvalue weighted by molar-refractivity contribution is -0.266. The second kappa shape index (κ2) is 18.4. The Bertz CT molecular complexity index is 993. The Morgan fingerprint density at radius 3 is 2.28 bits per heavy atom. The molecule has 4 N–H and O–H groups in total. The summed E-state index contributed by atoms with van der Waals surface area (Å²) in [6.45, 7) is 0.655. The highest BCUT2D eigenvalue weighted by Crippen LogP contribution is 2.48. The normalized spacial score (nSPS) is 30.1. The van der Waals surface area contributed by atoms with E-state index < -0.39 is 61.4 Å². The lowest BCUT2D eigenvalue weighted by Gasteiger charge is -2.39. The molecule has 1 heterocycles. The molecule has 9 unspecified atom stereocenters. The summed E-state index contributed by atoms with van der Waals surface area (Å²) >= 11 is 10.4. The highest BCUT2D eigenvalue weighted by Gasteiger charge is 2.47. The molecule has 1 aliphatic heterocycles. The van der Waals surface area contributed by atoms with Gasteiger partial charge < -0.3 is 58.1 Å². The van der Waals surface area contributed by atoms with Gasteiger partial charge in [0.25, 0.3) is 0 Å². The van der Waals surface area contributed by atoms with Gasteiger partial charge in [0.2, 0.25) is 0 Å². The zero-order valence-corrected chi connectivity index (χ0v) is 27.5. The van der Waals surface area contributed by atoms with Crippen molar-refractivity contribution in [2.24, 2.45) is 5.92 Å². The van der Waals surface area contributed by atoms with Gasteiger partial charge in [0.15, 0.2) is 17.5 Å². The molecule has 1 saturated heterocycles. The van der Waals surface area contributed by atoms with Crippen molar-refractivity contribution in [1.82, 2.24) is 10.6 Å². The van der Waals surface area contributed by atoms with E-state index in [1.165, 1.54) is 35.0 Å². The van der Waals surface area contributed by atoms with Gasteiger partial charge in [-0.3, -0.25) is 14.4 Å². The Kier molecular flexibility index (Phi) is 16.1. The van der Waals surface area contributed by atoms with Gasteiger partial charge in [-0.05, 0) is 43.3 Å². The highest BCUT2D eigenvalue weighted by atomic mass is 32.5. The van der Waals surface area contributed by atoms with Crippen LogP contribution in [0.4, 0.5) is 0 Å². The zero-order valence-electron chi connectivity index (χ0n) is 24.9. The van der Waals surface area contributed by atoms with Gasteiger partial charge in [0.05, 0.1) is 6.04 Å². The Morgan fingerprint density at radius 2 is 1.70 bits per heavy atom. The molecule has 0 aromatic rings. The van der Waals surface area contributed by atoms with Crippen molar-refractivity contribution in [3.63, 3.8) is 0 Å². The fourth-order valence-electron chi connectivity index (χ4n) is 4.92. The van der Waals surface area contributed by atoms with E-state index in [1.807, 2.05) is 0 Å². The third-order valence-corrected chi connectivity index (χ3v) is 8.70. The highest BCUT2D eigenvalue weighted by molar-refractivity contribution is 8.07. The van der Waals surface area contributed by atoms with E-state index in [2.05, 4.69) is 10.6 Å². The number of aliphatic hydroxyl groups is 1. The molecular formula is C25H43N2O13PS2. The van der Waals surface area contributed by atoms with Crippen LogP contribution in [0.3, 0.4) is 0 Å². The van der Waals surface area contributed by atoms with Crippen LogP contribution in [0.2, 0.25) is 0 Å². The molecule has 9 atom stereocenters. The summed E-state index contributed by atoms with van der Waals surface area (Å²) < 4.78 is 43.5. The minimum absolute atomic E-state index is 0.122. The molecule has 0 bridgehead atoms. The molecule has 18 heteroatoms. The van der Waals surface area contributed by atoms with E-state index in [-0.39, 0.29) is 31.6 Å². The maximum Gasteiger partial charge on any atom is 0.324 e. The third-order valence-electron chi connectivity index (χ3n) is 6.77. The fourth-order valence-corrected chi connectivity index (χ4v) is 6.16. The first-order valence-electron chi connectivity index (χ1n) is 13.8. The molecule has 0 aromatic carbocycles. The van der Waals surface area contributed by atoms with Crippen molar-refractivity contribution in [3.05, 3.63) is 0 Å². The average molecular weight is 675 g/mol. The van der Waals surface area contributed by atoms with Gasteiger partial charge in [-0.15, -0.1) is 0 Å². The van der Waals surface area contributed by atoms with Crippen LogP contribution in [-0.4, -0.2) is 116 Å². The minimum Gasteiger partial charge on any atom is -0.463 e. The summed E-state index contributed by atoms with van der Waals surface area (Å²) in [6.07, 6.45) is -2.80. The van der Waals surface area contributed by atoms with Gasteiger partial charge in [-0.25, -0.2) is 0 Å². The summed E-state index contributed by atoms with van der Waals surface area (Å²) in [7, 11) is 2.76. The number of carbonyl (C=O) groups excluding carboxylic acids is 3. The molecule has 0 amide bonds. The van der Waals surface area contributed by atoms with Crippen molar-refractivity contribution >= 4 is 53.8 Å². The van der Waals surface area contributed by atoms with Crippen molar-refractivity contribution in [1.29, 1.82) is 0 Å². The van der Waals surface area contributed by atoms with E-state index in [9.17, 15) is 24.4 Å². The number of unbranched alkanes of at least 4 members (excludes halogenated alkanes) is 1. The van der Waals surface area contributed by atoms with Gasteiger partial charge >= 0.3 is 24.6 Å². The van der Waals surface area contributed by atoms with Gasteiger partial charge in [0, 0.05) is 67.1 Å². The Morgan fingerprint density at radius 1 is 1.00 bits per heavy atom. The number of rotatable bonds is 16. The number of esters is 3. The van der Waals surface area contributed by atoms with Crippen LogP contribution in [0, 0.1) is 5.92 Å². The summed E-state index contributed by atoms with van der Waals surface area (Å²) in [6, 6.07) is -0.299. The van der Waals surface area contributed by atoms with Gasteiger partial charge in [-0.1, -0.05) is 0 Å². The topological polar surface area (TPSA) is 190 Å². The smallest absolute Gasteiger partial charge is 0.324 e. The van der Waals surface area contributed by atoms with Crippen LogP contribution in [-0.2, 0) is 63.7 Å². The number of carbonyl (C=O) groups is 3. The molecule has 15 nitrogen and oxygen atoms in total. The largest absolute Gasteiger partial charge is 0.463 e. The third kappa shape index (κ3) is 12.8. The minimum atomic E-state index is -3.47. The molecule has 2 aliphatic rings. The van der Waals surface area contributed by atoms with E-state index in [4.69, 9.17) is 61.5 Å². The van der Waals surface area contributed by atoms with Crippen LogP contribution in [0.1, 0.15) is 46.5 Å². The number of aliphatic hydroxyl groups excluding tert-OH is 1. The zero-order chi connectivity index (χ0) is 32.2. The number of ether oxygens (including phenoxy) is 6. The number of hydrogen-bond donors (Lipinski definition) is 4. The van der Waals surface area contributed by atoms with Crippen LogP contribution in [0.25, 0.3) is 0 Å². The van der Waals surface area contributed by atoms with Crippen molar-refractivity contribution in [3.8, 4) is 0 Å². The average Bonchev–Trinajstić information content (AvgIpc) is 3.24. The van der Waals surface area contributed by atoms with Crippen molar-refractivity contribution < 1.29 is 61.9 Å². The predicted octanol–water partition coefficient (Wildman–Crippen LogP) is 0.433. The Balaban J connectivity index is 1.81. The maximum atomic E-state index is 11.7. The van der Waals surface area contributed by atoms with Crippen LogP contribution in [0.5, 0.6) is 0 Å². The second-order valence-electron chi connectivity index (χ2n) is 10.0. The first kappa shape index (κ1) is 37.7. The lowest BCUT2D eigenvalue weighted by Crippen LogP contribution is -2.54. The number of thiocarbonyl (C=S) groups is 1. The summed E-state index contributed by atoms with van der Waals surface area (Å²) in [5.74, 6) is -2.04. The molecule has 2 fully saturated rings. The molecule has 0 spiro atoms. The first-order chi connectivity index (χ1) is 20.3. The molecule has 43 heavy (non-hydrogen) atoms. The van der Waals surface area contributed by atoms with Crippen molar-refractivity contribution in [2.75, 3.05) is 40.6 Å². The van der Waals surface area contributed by atoms with Crippen LogP contribution < -0.4 is 10.6 Å². The standard InChI is InChI=1S/C25H43N2O13PS2/c1-14(29)36-13-20-24(38-16(3)31)19(37-15(2)30)11-21(39-20)35-9-7-6-8-26-25(42)27-18-10-17(12-28)22(23(18)33-4)40-41(32,43)34-5/h17-24,28H,6-13H2,1-5H3,(H,32,43)(H2,26,27,42). The van der Waals surface area contributed by atoms with E-state index >= 15 is 0 Å². The van der Waals surface area contributed by atoms with E-state index in [0.717, 1.165) is 0 Å². The molecule has 0 radical (unpaired) electrons. The van der Waals surface area contributed by atoms with Crippen molar-refractivity contribution in [2.45, 2.75) is 89.3 Å². The molecule has 248 valence electrons. The molecule has 0 aromatic heterocycles. The monoisotopic (exact) mass is 674 g/mol. The SMILES string of the molecule is COC1C(NC(=S)NCCCCOC2CC(OC(C)=O)C(OC(C)=O)C(COC(C)=O)O2)CC(CO)C1OP(O)(=S)OC. The Hall–Kier alpha value is -1.53. The summed E-state index contributed by atoms with van der Waals surface area (Å²) in [4.78, 5) is 44.8. The molecule has 1 saturated carbocycles.